The van der Waals surface area contributed by atoms with E-state index in [2.05, 4.69) is 19.3 Å². The first-order valence-electron chi connectivity index (χ1n) is 7.23. The Hall–Kier alpha value is -0.570. The molecule has 0 aromatic carbocycles. The smallest absolute Gasteiger partial charge is 0.199 e. The number of carbonyl (C=O) groups is 1. The third-order valence-electron chi connectivity index (χ3n) is 2.80. The second-order valence-electron chi connectivity index (χ2n) is 4.59. The van der Waals surface area contributed by atoms with Crippen molar-refractivity contribution in [1.29, 1.82) is 0 Å². The fraction of sp³-hybridized carbons (Fsp3) is 0.929. The quantitative estimate of drug-likeness (QED) is 0.320. The van der Waals surface area contributed by atoms with E-state index in [1.165, 1.54) is 32.1 Å². The van der Waals surface area contributed by atoms with E-state index in [4.69, 9.17) is 4.84 Å². The Labute approximate surface area is 106 Å². The van der Waals surface area contributed by atoms with Crippen LogP contribution in [0.5, 0.6) is 0 Å². The van der Waals surface area contributed by atoms with E-state index in [1.807, 2.05) is 0 Å². The molecule has 1 N–H and O–H groups in total. The minimum atomic E-state index is -0.116. The molecule has 0 spiro atoms. The van der Waals surface area contributed by atoms with E-state index in [0.29, 0.717) is 6.42 Å². The largest absolute Gasteiger partial charge is 0.597 e. The molecule has 101 valence electrons. The average molecular weight is 243 g/mol. The Morgan fingerprint density at radius 3 is 2.12 bits per heavy atom. The standard InChI is InChI=1S/C14H29NO2/c1-3-5-7-8-9-10-11-12-14(16)17-15-13-6-4-2/h15H,3-13H2,1-2H3/q+1. The molecule has 3 heteroatoms. The van der Waals surface area contributed by atoms with Crippen molar-refractivity contribution in [2.24, 2.45) is 0 Å². The van der Waals surface area contributed by atoms with Crippen molar-refractivity contribution in [3.8, 4) is 0 Å². The minimum absolute atomic E-state index is 0.116. The van der Waals surface area contributed by atoms with Crippen LogP contribution in [0.3, 0.4) is 0 Å². The van der Waals surface area contributed by atoms with Crippen LogP contribution in [-0.2, 0) is 9.63 Å². The lowest BCUT2D eigenvalue weighted by atomic mass is 10.1. The van der Waals surface area contributed by atoms with Gasteiger partial charge in [-0.3, -0.25) is 0 Å². The van der Waals surface area contributed by atoms with Crippen molar-refractivity contribution >= 4 is 5.97 Å². The molecule has 0 bridgehead atoms. The number of hydrogen-bond acceptors (Lipinski definition) is 3. The molecule has 0 aliphatic heterocycles. The molecule has 0 aromatic rings. The van der Waals surface area contributed by atoms with Gasteiger partial charge in [-0.25, -0.2) is 0 Å². The van der Waals surface area contributed by atoms with Crippen LogP contribution in [0.1, 0.15) is 78.1 Å². The Morgan fingerprint density at radius 2 is 1.47 bits per heavy atom. The monoisotopic (exact) mass is 243 g/mol. The second kappa shape index (κ2) is 13.5. The lowest BCUT2D eigenvalue weighted by Crippen LogP contribution is -2.20. The minimum Gasteiger partial charge on any atom is -0.199 e. The van der Waals surface area contributed by atoms with Gasteiger partial charge in [0.25, 0.3) is 0 Å². The van der Waals surface area contributed by atoms with Crippen molar-refractivity contribution in [3.63, 3.8) is 0 Å². The number of carbonyl (C=O) groups excluding carboxylic acids is 1. The molecule has 0 atom stereocenters. The van der Waals surface area contributed by atoms with Gasteiger partial charge in [-0.2, -0.15) is 4.84 Å². The molecule has 0 aliphatic rings. The molecule has 0 unspecified atom stereocenters. The summed E-state index contributed by atoms with van der Waals surface area (Å²) < 4.78 is 0. The van der Waals surface area contributed by atoms with E-state index < -0.39 is 0 Å². The fourth-order valence-electron chi connectivity index (χ4n) is 1.66. The SMILES string of the molecule is CCCCCCCCCC(=[O+])ONCCCC. The first-order valence-corrected chi connectivity index (χ1v) is 7.23. The summed E-state index contributed by atoms with van der Waals surface area (Å²) >= 11 is 0. The highest BCUT2D eigenvalue weighted by molar-refractivity contribution is 5.68. The second-order valence-corrected chi connectivity index (χ2v) is 4.59. The fourth-order valence-corrected chi connectivity index (χ4v) is 1.66. The first-order chi connectivity index (χ1) is 8.31. The predicted octanol–water partition coefficient (Wildman–Crippen LogP) is 3.98. The zero-order valence-corrected chi connectivity index (χ0v) is 11.6. The number of hydroxylamine groups is 1. The molecule has 0 saturated heterocycles. The Morgan fingerprint density at radius 1 is 0.882 bits per heavy atom. The van der Waals surface area contributed by atoms with Crippen LogP contribution in [0.2, 0.25) is 0 Å². The van der Waals surface area contributed by atoms with E-state index in [9.17, 15) is 4.79 Å². The van der Waals surface area contributed by atoms with Crippen LogP contribution >= 0.6 is 0 Å². The van der Waals surface area contributed by atoms with Gasteiger partial charge in [0.15, 0.2) is 0 Å². The van der Waals surface area contributed by atoms with Crippen LogP contribution in [-0.4, -0.2) is 12.5 Å². The van der Waals surface area contributed by atoms with Gasteiger partial charge in [-0.15, -0.1) is 0 Å². The molecule has 0 fully saturated rings. The van der Waals surface area contributed by atoms with Gasteiger partial charge in [0.2, 0.25) is 0 Å². The summed E-state index contributed by atoms with van der Waals surface area (Å²) in [5.41, 5.74) is 2.71. The maximum Gasteiger partial charge on any atom is 0.597 e. The predicted molar refractivity (Wildman–Crippen MR) is 71.6 cm³/mol. The topological polar surface area (TPSA) is 41.2 Å². The first kappa shape index (κ1) is 16.4. The molecule has 1 radical (unpaired) electrons. The number of rotatable bonds is 12. The molecule has 0 rings (SSSR count). The maximum absolute atomic E-state index is 11.3. The molecule has 0 aliphatic carbocycles. The zero-order chi connectivity index (χ0) is 12.8. The maximum atomic E-state index is 11.3. The van der Waals surface area contributed by atoms with Crippen LogP contribution < -0.4 is 5.48 Å². The van der Waals surface area contributed by atoms with Crippen molar-refractivity contribution < 1.29 is 9.63 Å². The Bertz CT molecular complexity index is 172. The van der Waals surface area contributed by atoms with E-state index in [1.54, 1.807) is 0 Å². The normalized spacial score (nSPS) is 10.5. The van der Waals surface area contributed by atoms with E-state index in [0.717, 1.165) is 32.2 Å². The molecule has 0 heterocycles. The van der Waals surface area contributed by atoms with E-state index >= 15 is 0 Å². The van der Waals surface area contributed by atoms with Crippen molar-refractivity contribution in [2.75, 3.05) is 6.54 Å². The Kier molecular flexibility index (Phi) is 13.0. The summed E-state index contributed by atoms with van der Waals surface area (Å²) in [5.74, 6) is -0.116. The van der Waals surface area contributed by atoms with Crippen molar-refractivity contribution in [3.05, 3.63) is 0 Å². The summed E-state index contributed by atoms with van der Waals surface area (Å²) in [6.07, 6.45) is 11.3. The van der Waals surface area contributed by atoms with Gasteiger partial charge in [0.05, 0.1) is 11.3 Å². The molecular weight excluding hydrogens is 214 g/mol. The van der Waals surface area contributed by atoms with Gasteiger partial charge >= 0.3 is 5.97 Å². The van der Waals surface area contributed by atoms with E-state index in [-0.39, 0.29) is 5.97 Å². The third-order valence-corrected chi connectivity index (χ3v) is 2.80. The van der Waals surface area contributed by atoms with Crippen molar-refractivity contribution in [2.45, 2.75) is 78.1 Å². The van der Waals surface area contributed by atoms with Crippen LogP contribution in [0, 0.1) is 0 Å². The molecule has 17 heavy (non-hydrogen) atoms. The van der Waals surface area contributed by atoms with Crippen LogP contribution in [0.15, 0.2) is 0 Å². The third kappa shape index (κ3) is 13.4. The highest BCUT2D eigenvalue weighted by Gasteiger charge is 2.15. The lowest BCUT2D eigenvalue weighted by Gasteiger charge is -1.98. The summed E-state index contributed by atoms with van der Waals surface area (Å²) in [7, 11) is 0. The van der Waals surface area contributed by atoms with Gasteiger partial charge in [-0.1, -0.05) is 64.3 Å². The summed E-state index contributed by atoms with van der Waals surface area (Å²) in [6, 6.07) is 0. The van der Waals surface area contributed by atoms with Gasteiger partial charge < -0.3 is 0 Å². The Balaban J connectivity index is 3.11. The van der Waals surface area contributed by atoms with Gasteiger partial charge in [0, 0.05) is 0 Å². The number of hydrogen-bond donors (Lipinski definition) is 1. The number of nitrogens with one attached hydrogen (secondary N) is 1. The average Bonchev–Trinajstić information content (AvgIpc) is 2.33. The lowest BCUT2D eigenvalue weighted by molar-refractivity contribution is -0.151. The van der Waals surface area contributed by atoms with Crippen molar-refractivity contribution in [1.82, 2.24) is 5.48 Å². The highest BCUT2D eigenvalue weighted by atomic mass is 16.7. The molecule has 0 aromatic heterocycles. The number of unbranched alkanes of at least 4 members (excludes halogenated alkanes) is 7. The molecular formula is C14H29NO2+. The molecule has 0 amide bonds. The summed E-state index contributed by atoms with van der Waals surface area (Å²) in [4.78, 5) is 16.2. The highest BCUT2D eigenvalue weighted by Crippen LogP contribution is 2.08. The van der Waals surface area contributed by atoms with Gasteiger partial charge in [-0.05, 0) is 12.8 Å². The molecule has 0 saturated carbocycles. The van der Waals surface area contributed by atoms with Crippen LogP contribution in [0.4, 0.5) is 0 Å². The summed E-state index contributed by atoms with van der Waals surface area (Å²) in [6.45, 7) is 5.10. The zero-order valence-electron chi connectivity index (χ0n) is 11.6. The van der Waals surface area contributed by atoms with Gasteiger partial charge in [0.1, 0.15) is 6.42 Å². The molecule has 3 nitrogen and oxygen atoms in total. The summed E-state index contributed by atoms with van der Waals surface area (Å²) in [5, 5.41) is 0. The van der Waals surface area contributed by atoms with Crippen LogP contribution in [0.25, 0.3) is 0 Å².